The van der Waals surface area contributed by atoms with E-state index in [-0.39, 0.29) is 5.92 Å². The molecule has 3 aromatic rings. The number of imidazole rings is 1. The summed E-state index contributed by atoms with van der Waals surface area (Å²) in [4.78, 5) is 12.4. The molecule has 1 aliphatic carbocycles. The lowest BCUT2D eigenvalue weighted by Gasteiger charge is -2.28. The highest BCUT2D eigenvalue weighted by molar-refractivity contribution is 6.01. The van der Waals surface area contributed by atoms with E-state index in [0.29, 0.717) is 6.04 Å². The number of nitrogens with zero attached hydrogens (tertiary/aromatic N) is 4. The summed E-state index contributed by atoms with van der Waals surface area (Å²) in [6.45, 7) is 2.15. The number of aromatic amines is 1. The van der Waals surface area contributed by atoms with Crippen LogP contribution in [0.5, 0.6) is 0 Å². The highest BCUT2D eigenvalue weighted by Crippen LogP contribution is 2.36. The van der Waals surface area contributed by atoms with Gasteiger partial charge in [-0.1, -0.05) is 6.92 Å². The van der Waals surface area contributed by atoms with Crippen LogP contribution in [-0.2, 0) is 6.42 Å². The van der Waals surface area contributed by atoms with Crippen molar-refractivity contribution in [2.24, 2.45) is 5.92 Å². The van der Waals surface area contributed by atoms with Crippen molar-refractivity contribution in [3.8, 4) is 6.07 Å². The SMILES string of the molecule is CCc1nc2cnc3[nH]ccc3c2n1C1CCC(C#N)CC1. The predicted molar refractivity (Wildman–Crippen MR) is 85.4 cm³/mol. The lowest BCUT2D eigenvalue weighted by atomic mass is 9.86. The summed E-state index contributed by atoms with van der Waals surface area (Å²) in [5.74, 6) is 1.36. The van der Waals surface area contributed by atoms with Crippen molar-refractivity contribution in [2.75, 3.05) is 0 Å². The maximum atomic E-state index is 9.11. The fraction of sp³-hybridized carbons (Fsp3) is 0.471. The summed E-state index contributed by atoms with van der Waals surface area (Å²) < 4.78 is 2.42. The average Bonchev–Trinajstić information content (AvgIpc) is 3.18. The van der Waals surface area contributed by atoms with Crippen molar-refractivity contribution in [2.45, 2.75) is 45.1 Å². The largest absolute Gasteiger partial charge is 0.346 e. The van der Waals surface area contributed by atoms with Crippen molar-refractivity contribution in [3.05, 3.63) is 24.3 Å². The molecule has 1 saturated carbocycles. The fourth-order valence-corrected chi connectivity index (χ4v) is 3.75. The van der Waals surface area contributed by atoms with E-state index in [1.54, 1.807) is 0 Å². The molecular formula is C17H19N5. The molecule has 0 radical (unpaired) electrons. The molecule has 0 aliphatic heterocycles. The highest BCUT2D eigenvalue weighted by Gasteiger charge is 2.26. The minimum Gasteiger partial charge on any atom is -0.346 e. The molecule has 3 aromatic heterocycles. The number of fused-ring (bicyclic) bond motifs is 3. The standard InChI is InChI=1S/C17H19N5/c1-2-15-21-14-10-20-17-13(7-8-19-17)16(14)22(15)12-5-3-11(9-18)4-6-12/h7-8,10-12H,2-6H2,1H3,(H,19,20). The molecule has 1 N–H and O–H groups in total. The van der Waals surface area contributed by atoms with Crippen LogP contribution in [0.4, 0.5) is 0 Å². The second-order valence-electron chi connectivity index (χ2n) is 6.12. The van der Waals surface area contributed by atoms with Gasteiger partial charge < -0.3 is 9.55 Å². The summed E-state index contributed by atoms with van der Waals surface area (Å²) >= 11 is 0. The van der Waals surface area contributed by atoms with Crippen molar-refractivity contribution in [1.29, 1.82) is 5.26 Å². The Labute approximate surface area is 129 Å². The Hall–Kier alpha value is -2.35. The Morgan fingerprint density at radius 3 is 2.91 bits per heavy atom. The van der Waals surface area contributed by atoms with Gasteiger partial charge in [0.05, 0.1) is 17.8 Å². The molecule has 0 aromatic carbocycles. The summed E-state index contributed by atoms with van der Waals surface area (Å²) in [6, 6.07) is 4.96. The smallest absolute Gasteiger partial charge is 0.139 e. The van der Waals surface area contributed by atoms with Gasteiger partial charge in [-0.05, 0) is 31.7 Å². The molecule has 5 heteroatoms. The van der Waals surface area contributed by atoms with E-state index in [2.05, 4.69) is 33.6 Å². The summed E-state index contributed by atoms with van der Waals surface area (Å²) in [5, 5.41) is 10.3. The molecule has 22 heavy (non-hydrogen) atoms. The minimum absolute atomic E-state index is 0.227. The number of nitriles is 1. The van der Waals surface area contributed by atoms with E-state index < -0.39 is 0 Å². The number of hydrogen-bond acceptors (Lipinski definition) is 3. The minimum atomic E-state index is 0.227. The third-order valence-corrected chi connectivity index (χ3v) is 4.87. The molecule has 5 nitrogen and oxygen atoms in total. The molecule has 0 spiro atoms. The van der Waals surface area contributed by atoms with E-state index in [9.17, 15) is 0 Å². The maximum absolute atomic E-state index is 9.11. The molecule has 1 aliphatic rings. The molecule has 0 saturated heterocycles. The Kier molecular flexibility index (Phi) is 3.11. The number of nitrogens with one attached hydrogen (secondary N) is 1. The Morgan fingerprint density at radius 2 is 2.18 bits per heavy atom. The first-order valence-corrected chi connectivity index (χ1v) is 8.04. The zero-order valence-electron chi connectivity index (χ0n) is 12.7. The second kappa shape index (κ2) is 5.13. The summed E-state index contributed by atoms with van der Waals surface area (Å²) in [6.07, 6.45) is 8.82. The molecule has 0 unspecified atom stereocenters. The van der Waals surface area contributed by atoms with Crippen LogP contribution in [0, 0.1) is 17.2 Å². The summed E-state index contributed by atoms with van der Waals surface area (Å²) in [7, 11) is 0. The van der Waals surface area contributed by atoms with E-state index in [0.717, 1.165) is 54.5 Å². The van der Waals surface area contributed by atoms with E-state index >= 15 is 0 Å². The maximum Gasteiger partial charge on any atom is 0.139 e. The number of H-pyrrole nitrogens is 1. The molecule has 112 valence electrons. The molecular weight excluding hydrogens is 274 g/mol. The molecule has 3 heterocycles. The van der Waals surface area contributed by atoms with Crippen LogP contribution < -0.4 is 0 Å². The van der Waals surface area contributed by atoms with Crippen LogP contribution in [0.3, 0.4) is 0 Å². The number of rotatable bonds is 2. The van der Waals surface area contributed by atoms with Crippen molar-refractivity contribution in [1.82, 2.24) is 19.5 Å². The third-order valence-electron chi connectivity index (χ3n) is 4.87. The lowest BCUT2D eigenvalue weighted by Crippen LogP contribution is -2.19. The normalized spacial score (nSPS) is 22.2. The third kappa shape index (κ3) is 1.91. The van der Waals surface area contributed by atoms with Gasteiger partial charge in [0.1, 0.15) is 17.0 Å². The van der Waals surface area contributed by atoms with Gasteiger partial charge in [0, 0.05) is 30.0 Å². The van der Waals surface area contributed by atoms with Crippen LogP contribution in [0.1, 0.15) is 44.5 Å². The number of aryl methyl sites for hydroxylation is 1. The average molecular weight is 293 g/mol. The van der Waals surface area contributed by atoms with E-state index in [1.165, 1.54) is 5.52 Å². The Balaban J connectivity index is 1.88. The molecule has 0 atom stereocenters. The van der Waals surface area contributed by atoms with Gasteiger partial charge >= 0.3 is 0 Å². The van der Waals surface area contributed by atoms with Gasteiger partial charge in [-0.25, -0.2) is 9.97 Å². The number of aromatic nitrogens is 4. The Bertz CT molecular complexity index is 858. The Morgan fingerprint density at radius 1 is 1.36 bits per heavy atom. The lowest BCUT2D eigenvalue weighted by molar-refractivity contribution is 0.313. The topological polar surface area (TPSA) is 70.3 Å². The zero-order valence-corrected chi connectivity index (χ0v) is 12.7. The molecule has 0 amide bonds. The van der Waals surface area contributed by atoms with Crippen LogP contribution >= 0.6 is 0 Å². The quantitative estimate of drug-likeness (QED) is 0.782. The highest BCUT2D eigenvalue weighted by atomic mass is 15.1. The van der Waals surface area contributed by atoms with Gasteiger partial charge in [-0.2, -0.15) is 5.26 Å². The van der Waals surface area contributed by atoms with Crippen molar-refractivity contribution in [3.63, 3.8) is 0 Å². The van der Waals surface area contributed by atoms with Gasteiger partial charge in [0.15, 0.2) is 0 Å². The van der Waals surface area contributed by atoms with Gasteiger partial charge in [-0.3, -0.25) is 0 Å². The van der Waals surface area contributed by atoms with Gasteiger partial charge in [-0.15, -0.1) is 0 Å². The monoisotopic (exact) mass is 293 g/mol. The van der Waals surface area contributed by atoms with Crippen molar-refractivity contribution >= 4 is 22.1 Å². The fourth-order valence-electron chi connectivity index (χ4n) is 3.75. The van der Waals surface area contributed by atoms with E-state index in [4.69, 9.17) is 10.2 Å². The van der Waals surface area contributed by atoms with Gasteiger partial charge in [0.25, 0.3) is 0 Å². The zero-order chi connectivity index (χ0) is 15.1. The molecule has 1 fully saturated rings. The predicted octanol–water partition coefficient (Wildman–Crippen LogP) is 3.73. The number of hydrogen-bond donors (Lipinski definition) is 1. The van der Waals surface area contributed by atoms with Crippen molar-refractivity contribution < 1.29 is 0 Å². The van der Waals surface area contributed by atoms with Crippen LogP contribution in [0.2, 0.25) is 0 Å². The number of pyridine rings is 1. The first-order chi connectivity index (χ1) is 10.8. The summed E-state index contributed by atoms with van der Waals surface area (Å²) in [5.41, 5.74) is 3.09. The first kappa shape index (κ1) is 13.3. The van der Waals surface area contributed by atoms with Crippen LogP contribution in [-0.4, -0.2) is 19.5 Å². The molecule has 0 bridgehead atoms. The van der Waals surface area contributed by atoms with Crippen LogP contribution in [0.25, 0.3) is 22.1 Å². The second-order valence-corrected chi connectivity index (χ2v) is 6.12. The van der Waals surface area contributed by atoms with Crippen LogP contribution in [0.15, 0.2) is 18.5 Å². The van der Waals surface area contributed by atoms with E-state index in [1.807, 2.05) is 12.4 Å². The van der Waals surface area contributed by atoms with Gasteiger partial charge in [0.2, 0.25) is 0 Å². The first-order valence-electron chi connectivity index (χ1n) is 8.04. The molecule has 4 rings (SSSR count).